The topological polar surface area (TPSA) is 94.8 Å². The van der Waals surface area contributed by atoms with Crippen molar-refractivity contribution in [1.29, 1.82) is 0 Å². The normalized spacial score (nSPS) is 13.0. The number of nitrogens with zero attached hydrogens (tertiary/aromatic N) is 5. The van der Waals surface area contributed by atoms with Crippen LogP contribution in [0.25, 0.3) is 17.2 Å². The van der Waals surface area contributed by atoms with Gasteiger partial charge in [-0.05, 0) is 48.7 Å². The quantitative estimate of drug-likeness (QED) is 0.467. The van der Waals surface area contributed by atoms with Crippen molar-refractivity contribution in [2.75, 3.05) is 7.11 Å². The number of halogens is 1. The maximum Gasteiger partial charge on any atom is 0.255 e. The van der Waals surface area contributed by atoms with Crippen molar-refractivity contribution in [1.82, 2.24) is 30.0 Å². The van der Waals surface area contributed by atoms with Gasteiger partial charge < -0.3 is 10.1 Å². The van der Waals surface area contributed by atoms with Gasteiger partial charge in [0.15, 0.2) is 11.6 Å². The van der Waals surface area contributed by atoms with Crippen LogP contribution in [-0.4, -0.2) is 37.7 Å². The van der Waals surface area contributed by atoms with Gasteiger partial charge in [0.1, 0.15) is 0 Å². The van der Waals surface area contributed by atoms with Crippen molar-refractivity contribution in [2.45, 2.75) is 25.3 Å². The summed E-state index contributed by atoms with van der Waals surface area (Å²) in [6.07, 6.45) is 8.49. The Hall–Kier alpha value is -4.14. The van der Waals surface area contributed by atoms with E-state index in [-0.39, 0.29) is 17.6 Å². The monoisotopic (exact) mass is 444 g/mol. The molecule has 4 aromatic rings. The fourth-order valence-corrected chi connectivity index (χ4v) is 3.66. The zero-order chi connectivity index (χ0) is 22.8. The zero-order valence-corrected chi connectivity index (χ0v) is 17.9. The molecule has 1 aromatic carbocycles. The van der Waals surface area contributed by atoms with Crippen LogP contribution in [0.15, 0.2) is 61.2 Å². The smallest absolute Gasteiger partial charge is 0.255 e. The summed E-state index contributed by atoms with van der Waals surface area (Å²) in [4.78, 5) is 25.9. The standard InChI is InChI=1S/C24H21FN6O2/c1-33-21-7-6-17(11-19(21)25)20-8-10-27-24(30-20)31-22(16-4-5-16)18(14-29-31)23(32)28-13-15-3-2-9-26-12-15/h2-3,6-12,14,16H,4-5,13H2,1H3,(H,28,32). The SMILES string of the molecule is COc1ccc(-c2ccnc(-n3ncc(C(=O)NCc4cccnc4)c3C3CC3)n2)cc1F. The molecule has 0 spiro atoms. The molecule has 1 N–H and O–H groups in total. The summed E-state index contributed by atoms with van der Waals surface area (Å²) in [6, 6.07) is 10.1. The van der Waals surface area contributed by atoms with E-state index in [1.807, 2.05) is 12.1 Å². The van der Waals surface area contributed by atoms with Crippen LogP contribution < -0.4 is 10.1 Å². The lowest BCUT2D eigenvalue weighted by atomic mass is 10.1. The highest BCUT2D eigenvalue weighted by Crippen LogP contribution is 2.42. The molecular weight excluding hydrogens is 423 g/mol. The van der Waals surface area contributed by atoms with Crippen molar-refractivity contribution in [3.05, 3.63) is 83.8 Å². The second-order valence-electron chi connectivity index (χ2n) is 7.76. The van der Waals surface area contributed by atoms with E-state index in [2.05, 4.69) is 25.4 Å². The number of carbonyl (C=O) groups excluding carboxylic acids is 1. The number of hydrogen-bond acceptors (Lipinski definition) is 6. The van der Waals surface area contributed by atoms with Crippen LogP contribution >= 0.6 is 0 Å². The number of rotatable bonds is 7. The Labute approximate surface area is 189 Å². The molecule has 5 rings (SSSR count). The molecule has 3 heterocycles. The van der Waals surface area contributed by atoms with Crippen molar-refractivity contribution < 1.29 is 13.9 Å². The lowest BCUT2D eigenvalue weighted by Gasteiger charge is -2.10. The van der Waals surface area contributed by atoms with Gasteiger partial charge in [-0.1, -0.05) is 6.07 Å². The third-order valence-electron chi connectivity index (χ3n) is 5.47. The van der Waals surface area contributed by atoms with Crippen LogP contribution in [0, 0.1) is 5.82 Å². The molecule has 0 bridgehead atoms. The minimum absolute atomic E-state index is 0.165. The first-order valence-electron chi connectivity index (χ1n) is 10.6. The number of ether oxygens (including phenoxy) is 1. The number of amides is 1. The van der Waals surface area contributed by atoms with E-state index in [4.69, 9.17) is 4.74 Å². The van der Waals surface area contributed by atoms with E-state index < -0.39 is 5.82 Å². The Kier molecular flexibility index (Phi) is 5.52. The first-order chi connectivity index (χ1) is 16.1. The summed E-state index contributed by atoms with van der Waals surface area (Å²) in [5.74, 6) is 0.0354. The van der Waals surface area contributed by atoms with Gasteiger partial charge in [-0.25, -0.2) is 19.0 Å². The molecule has 0 radical (unpaired) electrons. The Morgan fingerprint density at radius 2 is 2.09 bits per heavy atom. The predicted molar refractivity (Wildman–Crippen MR) is 118 cm³/mol. The minimum Gasteiger partial charge on any atom is -0.494 e. The second-order valence-corrected chi connectivity index (χ2v) is 7.76. The predicted octanol–water partition coefficient (Wildman–Crippen LogP) is 3.68. The van der Waals surface area contributed by atoms with Gasteiger partial charge in [-0.15, -0.1) is 0 Å². The molecular formula is C24H21FN6O2. The molecule has 166 valence electrons. The van der Waals surface area contributed by atoms with Crippen LogP contribution in [0.2, 0.25) is 0 Å². The third-order valence-corrected chi connectivity index (χ3v) is 5.47. The number of nitrogens with one attached hydrogen (secondary N) is 1. The molecule has 1 amide bonds. The van der Waals surface area contributed by atoms with Crippen molar-refractivity contribution in [2.24, 2.45) is 0 Å². The van der Waals surface area contributed by atoms with Gasteiger partial charge in [0.05, 0.1) is 30.3 Å². The maximum absolute atomic E-state index is 14.2. The Bertz CT molecular complexity index is 1300. The van der Waals surface area contributed by atoms with Crippen molar-refractivity contribution in [3.63, 3.8) is 0 Å². The van der Waals surface area contributed by atoms with Crippen LogP contribution in [0.5, 0.6) is 5.75 Å². The average Bonchev–Trinajstić information content (AvgIpc) is 3.60. The molecule has 0 aliphatic heterocycles. The van der Waals surface area contributed by atoms with Gasteiger partial charge in [0.25, 0.3) is 11.9 Å². The molecule has 1 aliphatic carbocycles. The highest BCUT2D eigenvalue weighted by Gasteiger charge is 2.33. The summed E-state index contributed by atoms with van der Waals surface area (Å²) in [5, 5.41) is 7.36. The van der Waals surface area contributed by atoms with Gasteiger partial charge in [-0.3, -0.25) is 9.78 Å². The molecule has 0 saturated heterocycles. The molecule has 33 heavy (non-hydrogen) atoms. The highest BCUT2D eigenvalue weighted by atomic mass is 19.1. The van der Waals surface area contributed by atoms with E-state index in [0.29, 0.717) is 29.3 Å². The summed E-state index contributed by atoms with van der Waals surface area (Å²) >= 11 is 0. The molecule has 1 saturated carbocycles. The van der Waals surface area contributed by atoms with Crippen molar-refractivity contribution in [3.8, 4) is 23.0 Å². The van der Waals surface area contributed by atoms with E-state index >= 15 is 0 Å². The average molecular weight is 444 g/mol. The highest BCUT2D eigenvalue weighted by molar-refractivity contribution is 5.95. The van der Waals surface area contributed by atoms with Crippen LogP contribution in [-0.2, 0) is 6.54 Å². The van der Waals surface area contributed by atoms with E-state index in [1.165, 1.54) is 13.2 Å². The summed E-state index contributed by atoms with van der Waals surface area (Å²) < 4.78 is 20.8. The molecule has 8 nitrogen and oxygen atoms in total. The van der Waals surface area contributed by atoms with Gasteiger partial charge in [-0.2, -0.15) is 5.10 Å². The van der Waals surface area contributed by atoms with Gasteiger partial charge in [0, 0.05) is 36.6 Å². The van der Waals surface area contributed by atoms with E-state index in [1.54, 1.807) is 47.7 Å². The first kappa shape index (κ1) is 20.7. The minimum atomic E-state index is -0.472. The summed E-state index contributed by atoms with van der Waals surface area (Å²) in [5.41, 5.74) is 3.34. The number of methoxy groups -OCH3 is 1. The molecule has 3 aromatic heterocycles. The van der Waals surface area contributed by atoms with Gasteiger partial charge >= 0.3 is 0 Å². The number of benzene rings is 1. The molecule has 0 atom stereocenters. The number of hydrogen-bond donors (Lipinski definition) is 1. The van der Waals surface area contributed by atoms with Crippen LogP contribution in [0.3, 0.4) is 0 Å². The largest absolute Gasteiger partial charge is 0.494 e. The Morgan fingerprint density at radius 3 is 2.82 bits per heavy atom. The van der Waals surface area contributed by atoms with Crippen LogP contribution in [0.4, 0.5) is 4.39 Å². The Morgan fingerprint density at radius 1 is 1.21 bits per heavy atom. The maximum atomic E-state index is 14.2. The molecule has 1 fully saturated rings. The number of aromatic nitrogens is 5. The molecule has 1 aliphatic rings. The van der Waals surface area contributed by atoms with E-state index in [9.17, 15) is 9.18 Å². The lowest BCUT2D eigenvalue weighted by molar-refractivity contribution is 0.0950. The fourth-order valence-electron chi connectivity index (χ4n) is 3.66. The number of carbonyl (C=O) groups is 1. The third kappa shape index (κ3) is 4.30. The number of pyridine rings is 1. The Balaban J connectivity index is 1.44. The summed E-state index contributed by atoms with van der Waals surface area (Å²) in [6.45, 7) is 0.372. The fraction of sp³-hybridized carbons (Fsp3) is 0.208. The summed E-state index contributed by atoms with van der Waals surface area (Å²) in [7, 11) is 1.42. The molecule has 0 unspecified atom stereocenters. The van der Waals surface area contributed by atoms with E-state index in [0.717, 1.165) is 24.1 Å². The molecule has 9 heteroatoms. The lowest BCUT2D eigenvalue weighted by Crippen LogP contribution is -2.24. The van der Waals surface area contributed by atoms with Gasteiger partial charge in [0.2, 0.25) is 0 Å². The first-order valence-corrected chi connectivity index (χ1v) is 10.6. The van der Waals surface area contributed by atoms with Crippen LogP contribution in [0.1, 0.15) is 40.4 Å². The van der Waals surface area contributed by atoms with Crippen molar-refractivity contribution >= 4 is 5.91 Å². The second kappa shape index (κ2) is 8.78. The zero-order valence-electron chi connectivity index (χ0n) is 17.9.